The Morgan fingerprint density at radius 1 is 1.05 bits per heavy atom. The summed E-state index contributed by atoms with van der Waals surface area (Å²) in [5.74, 6) is 0.562. The van der Waals surface area contributed by atoms with Gasteiger partial charge in [-0.3, -0.25) is 4.90 Å². The molecule has 2 unspecified atom stereocenters. The second kappa shape index (κ2) is 9.97. The van der Waals surface area contributed by atoms with Crippen LogP contribution in [0.25, 0.3) is 0 Å². The third-order valence-electron chi connectivity index (χ3n) is 4.42. The van der Waals surface area contributed by atoms with Gasteiger partial charge in [-0.05, 0) is 44.7 Å². The molecule has 2 atom stereocenters. The van der Waals surface area contributed by atoms with E-state index in [9.17, 15) is 0 Å². The van der Waals surface area contributed by atoms with Crippen molar-refractivity contribution in [1.82, 2.24) is 4.90 Å². The molecule has 1 aromatic rings. The van der Waals surface area contributed by atoms with Gasteiger partial charge in [0.15, 0.2) is 0 Å². The summed E-state index contributed by atoms with van der Waals surface area (Å²) in [5, 5.41) is 0. The molecule has 2 heteroatoms. The molecule has 0 aliphatic rings. The summed E-state index contributed by atoms with van der Waals surface area (Å²) in [6, 6.07) is 11.9. The Morgan fingerprint density at radius 2 is 1.71 bits per heavy atom. The molecular weight excluding hydrogens is 256 g/mol. The molecule has 0 bridgehead atoms. The van der Waals surface area contributed by atoms with Gasteiger partial charge in [0.05, 0.1) is 0 Å². The van der Waals surface area contributed by atoms with Gasteiger partial charge in [-0.1, -0.05) is 57.0 Å². The van der Waals surface area contributed by atoms with E-state index >= 15 is 0 Å². The largest absolute Gasteiger partial charge is 0.329 e. The first-order chi connectivity index (χ1) is 10.1. The zero-order valence-electron chi connectivity index (χ0n) is 14.4. The van der Waals surface area contributed by atoms with E-state index in [-0.39, 0.29) is 0 Å². The first-order valence-corrected chi connectivity index (χ1v) is 8.60. The molecular formula is C19H34N2. The van der Waals surface area contributed by atoms with Gasteiger partial charge < -0.3 is 5.73 Å². The summed E-state index contributed by atoms with van der Waals surface area (Å²) in [4.78, 5) is 2.61. The average Bonchev–Trinajstić information content (AvgIpc) is 2.50. The van der Waals surface area contributed by atoms with Crippen molar-refractivity contribution in [2.45, 2.75) is 71.4 Å². The Kier molecular flexibility index (Phi) is 8.63. The van der Waals surface area contributed by atoms with Crippen LogP contribution < -0.4 is 5.73 Å². The molecule has 2 nitrogen and oxygen atoms in total. The van der Waals surface area contributed by atoms with Gasteiger partial charge in [-0.2, -0.15) is 0 Å². The average molecular weight is 290 g/mol. The second-order valence-electron chi connectivity index (χ2n) is 6.48. The van der Waals surface area contributed by atoms with E-state index in [4.69, 9.17) is 5.73 Å². The molecule has 1 rings (SSSR count). The van der Waals surface area contributed by atoms with E-state index < -0.39 is 0 Å². The lowest BCUT2D eigenvalue weighted by molar-refractivity contribution is 0.141. The van der Waals surface area contributed by atoms with Gasteiger partial charge >= 0.3 is 0 Å². The summed E-state index contributed by atoms with van der Waals surface area (Å²) < 4.78 is 0. The zero-order chi connectivity index (χ0) is 15.7. The Morgan fingerprint density at radius 3 is 2.24 bits per heavy atom. The molecule has 120 valence electrons. The second-order valence-corrected chi connectivity index (χ2v) is 6.48. The molecule has 0 amide bonds. The van der Waals surface area contributed by atoms with Crippen molar-refractivity contribution >= 4 is 0 Å². The maximum absolute atomic E-state index is 6.10. The summed E-state index contributed by atoms with van der Waals surface area (Å²) in [5.41, 5.74) is 7.52. The number of nitrogens with zero attached hydrogens (tertiary/aromatic N) is 1. The minimum Gasteiger partial charge on any atom is -0.329 e. The summed E-state index contributed by atoms with van der Waals surface area (Å²) in [7, 11) is 0. The smallest absolute Gasteiger partial charge is 0.0226 e. The molecule has 0 radical (unpaired) electrons. The van der Waals surface area contributed by atoms with Crippen LogP contribution in [0.15, 0.2) is 30.3 Å². The van der Waals surface area contributed by atoms with Crippen molar-refractivity contribution in [3.05, 3.63) is 35.9 Å². The lowest BCUT2D eigenvalue weighted by atomic mass is 9.92. The Bertz CT molecular complexity index is 361. The van der Waals surface area contributed by atoms with Gasteiger partial charge in [0.1, 0.15) is 0 Å². The van der Waals surface area contributed by atoms with Gasteiger partial charge in [0.2, 0.25) is 0 Å². The van der Waals surface area contributed by atoms with E-state index in [0.29, 0.717) is 18.0 Å². The normalized spacial score (nSPS) is 14.6. The minimum absolute atomic E-state index is 0.483. The molecule has 0 aliphatic carbocycles. The van der Waals surface area contributed by atoms with Gasteiger partial charge in [-0.15, -0.1) is 0 Å². The van der Waals surface area contributed by atoms with Crippen LogP contribution in [0.3, 0.4) is 0 Å². The van der Waals surface area contributed by atoms with Crippen LogP contribution in [0, 0.1) is 0 Å². The molecule has 0 heterocycles. The number of rotatable bonds is 10. The van der Waals surface area contributed by atoms with Crippen LogP contribution >= 0.6 is 0 Å². The molecule has 0 aliphatic heterocycles. The van der Waals surface area contributed by atoms with Crippen LogP contribution in [0.4, 0.5) is 0 Å². The predicted molar refractivity (Wildman–Crippen MR) is 93.7 cm³/mol. The number of nitrogens with two attached hydrogens (primary N) is 1. The van der Waals surface area contributed by atoms with E-state index in [1.54, 1.807) is 0 Å². The topological polar surface area (TPSA) is 29.3 Å². The fourth-order valence-corrected chi connectivity index (χ4v) is 3.10. The molecule has 1 aromatic carbocycles. The van der Waals surface area contributed by atoms with Crippen molar-refractivity contribution < 1.29 is 0 Å². The van der Waals surface area contributed by atoms with E-state index in [1.807, 2.05) is 0 Å². The number of hydrogen-bond donors (Lipinski definition) is 1. The monoisotopic (exact) mass is 290 g/mol. The highest BCUT2D eigenvalue weighted by atomic mass is 15.2. The molecule has 0 saturated carbocycles. The molecule has 0 fully saturated rings. The first kappa shape index (κ1) is 18.2. The Hall–Kier alpha value is -0.860. The molecule has 0 aromatic heterocycles. The highest BCUT2D eigenvalue weighted by Crippen LogP contribution is 2.23. The van der Waals surface area contributed by atoms with Gasteiger partial charge in [0, 0.05) is 18.6 Å². The molecule has 21 heavy (non-hydrogen) atoms. The standard InChI is InChI=1S/C19H34N2/c1-5-6-10-13-21(16(2)3)19(15-20)14-17(4)18-11-8-7-9-12-18/h7-9,11-12,16-17,19H,5-6,10,13-15,20H2,1-4H3. The number of hydrogen-bond acceptors (Lipinski definition) is 2. The van der Waals surface area contributed by atoms with E-state index in [0.717, 1.165) is 13.0 Å². The summed E-state index contributed by atoms with van der Waals surface area (Å²) >= 11 is 0. The fourth-order valence-electron chi connectivity index (χ4n) is 3.10. The van der Waals surface area contributed by atoms with Crippen molar-refractivity contribution in [1.29, 1.82) is 0 Å². The summed E-state index contributed by atoms with van der Waals surface area (Å²) in [6.07, 6.45) is 5.02. The lowest BCUT2D eigenvalue weighted by Crippen LogP contribution is -2.45. The third-order valence-corrected chi connectivity index (χ3v) is 4.42. The highest BCUT2D eigenvalue weighted by molar-refractivity contribution is 5.19. The zero-order valence-corrected chi connectivity index (χ0v) is 14.4. The van der Waals surface area contributed by atoms with Gasteiger partial charge in [0.25, 0.3) is 0 Å². The maximum atomic E-state index is 6.10. The highest BCUT2D eigenvalue weighted by Gasteiger charge is 2.22. The SMILES string of the molecule is CCCCCN(C(C)C)C(CN)CC(C)c1ccccc1. The first-order valence-electron chi connectivity index (χ1n) is 8.60. The van der Waals surface area contributed by atoms with Crippen molar-refractivity contribution in [2.24, 2.45) is 5.73 Å². The predicted octanol–water partition coefficient (Wildman–Crippen LogP) is 4.41. The number of unbranched alkanes of at least 4 members (excludes halogenated alkanes) is 2. The van der Waals surface area contributed by atoms with Crippen LogP contribution in [-0.4, -0.2) is 30.1 Å². The molecule has 0 spiro atoms. The third kappa shape index (κ3) is 6.19. The fraction of sp³-hybridized carbons (Fsp3) is 0.684. The van der Waals surface area contributed by atoms with E-state index in [2.05, 4.69) is 62.9 Å². The molecule has 2 N–H and O–H groups in total. The Balaban J connectivity index is 2.65. The van der Waals surface area contributed by atoms with Crippen LogP contribution in [0.2, 0.25) is 0 Å². The van der Waals surface area contributed by atoms with Gasteiger partial charge in [-0.25, -0.2) is 0 Å². The lowest BCUT2D eigenvalue weighted by Gasteiger charge is -2.36. The quantitative estimate of drug-likeness (QED) is 0.647. The van der Waals surface area contributed by atoms with Crippen molar-refractivity contribution in [2.75, 3.05) is 13.1 Å². The summed E-state index contributed by atoms with van der Waals surface area (Å²) in [6.45, 7) is 11.1. The Labute approximate surface area is 131 Å². The van der Waals surface area contributed by atoms with Crippen LogP contribution in [0.5, 0.6) is 0 Å². The van der Waals surface area contributed by atoms with E-state index in [1.165, 1.54) is 31.4 Å². The van der Waals surface area contributed by atoms with Crippen molar-refractivity contribution in [3.63, 3.8) is 0 Å². The number of benzene rings is 1. The molecule has 0 saturated heterocycles. The van der Waals surface area contributed by atoms with Crippen LogP contribution in [-0.2, 0) is 0 Å². The van der Waals surface area contributed by atoms with Crippen LogP contribution in [0.1, 0.15) is 64.9 Å². The minimum atomic E-state index is 0.483. The van der Waals surface area contributed by atoms with Crippen molar-refractivity contribution in [3.8, 4) is 0 Å². The maximum Gasteiger partial charge on any atom is 0.0226 e.